The minimum atomic E-state index is -0.511. The number of ether oxygens (including phenoxy) is 1. The highest BCUT2D eigenvalue weighted by Gasteiger charge is 2.12. The number of thiazole rings is 1. The van der Waals surface area contributed by atoms with Crippen LogP contribution in [-0.4, -0.2) is 24.0 Å². The van der Waals surface area contributed by atoms with Gasteiger partial charge in [-0.15, -0.1) is 0 Å². The third kappa shape index (κ3) is 3.38. The predicted molar refractivity (Wildman–Crippen MR) is 94.5 cm³/mol. The molecule has 2 aromatic carbocycles. The van der Waals surface area contributed by atoms with E-state index in [1.54, 1.807) is 23.5 Å². The van der Waals surface area contributed by atoms with Crippen molar-refractivity contribution >= 4 is 32.7 Å². The minimum absolute atomic E-state index is 0.310. The minimum Gasteiger partial charge on any atom is -0.423 e. The third-order valence-electron chi connectivity index (χ3n) is 3.67. The van der Waals surface area contributed by atoms with E-state index >= 15 is 0 Å². The molecule has 0 atom stereocenters. The van der Waals surface area contributed by atoms with Crippen LogP contribution in [0.15, 0.2) is 42.5 Å². The van der Waals surface area contributed by atoms with E-state index < -0.39 is 5.97 Å². The molecule has 3 aromatic rings. The molecule has 4 nitrogen and oxygen atoms in total. The van der Waals surface area contributed by atoms with Crippen molar-refractivity contribution in [1.82, 2.24) is 4.98 Å². The van der Waals surface area contributed by atoms with Gasteiger partial charge in [0.15, 0.2) is 5.13 Å². The molecule has 0 saturated heterocycles. The molecule has 0 bridgehead atoms. The third-order valence-corrected chi connectivity index (χ3v) is 4.75. The van der Waals surface area contributed by atoms with Gasteiger partial charge in [-0.05, 0) is 50.2 Å². The highest BCUT2D eigenvalue weighted by molar-refractivity contribution is 7.22. The molecular formula is C18H17FN2O2S. The van der Waals surface area contributed by atoms with Crippen LogP contribution in [0.1, 0.15) is 24.2 Å². The van der Waals surface area contributed by atoms with Gasteiger partial charge < -0.3 is 9.64 Å². The number of hydrogen-bond donors (Lipinski definition) is 0. The van der Waals surface area contributed by atoms with Crippen LogP contribution < -0.4 is 9.64 Å². The zero-order valence-corrected chi connectivity index (χ0v) is 14.3. The van der Waals surface area contributed by atoms with E-state index in [4.69, 9.17) is 4.74 Å². The maximum absolute atomic E-state index is 12.9. The molecule has 0 unspecified atom stereocenters. The molecule has 1 aromatic heterocycles. The van der Waals surface area contributed by atoms with Crippen molar-refractivity contribution in [2.45, 2.75) is 13.8 Å². The summed E-state index contributed by atoms with van der Waals surface area (Å²) in [6.45, 7) is 5.96. The molecule has 124 valence electrons. The molecule has 0 radical (unpaired) electrons. The summed E-state index contributed by atoms with van der Waals surface area (Å²) in [5.41, 5.74) is 1.19. The zero-order valence-electron chi connectivity index (χ0n) is 13.5. The van der Waals surface area contributed by atoms with Crippen molar-refractivity contribution in [3.05, 3.63) is 53.8 Å². The summed E-state index contributed by atoms with van der Waals surface area (Å²) in [5.74, 6) is -0.448. The Morgan fingerprint density at radius 3 is 2.54 bits per heavy atom. The summed E-state index contributed by atoms with van der Waals surface area (Å²) >= 11 is 1.57. The Morgan fingerprint density at radius 1 is 1.17 bits per heavy atom. The smallest absolute Gasteiger partial charge is 0.343 e. The van der Waals surface area contributed by atoms with Gasteiger partial charge in [0.05, 0.1) is 15.8 Å². The van der Waals surface area contributed by atoms with Crippen LogP contribution >= 0.6 is 11.3 Å². The molecule has 0 saturated carbocycles. The summed E-state index contributed by atoms with van der Waals surface area (Å²) < 4.78 is 19.3. The Bertz CT molecular complexity index is 857. The van der Waals surface area contributed by atoms with Gasteiger partial charge in [-0.1, -0.05) is 11.3 Å². The molecule has 24 heavy (non-hydrogen) atoms. The number of anilines is 1. The van der Waals surface area contributed by atoms with Crippen molar-refractivity contribution in [2.24, 2.45) is 0 Å². The SMILES string of the molecule is CCN(CC)c1nc2ccc(OC(=O)c3ccc(F)cc3)cc2s1. The fourth-order valence-corrected chi connectivity index (χ4v) is 3.46. The fourth-order valence-electron chi connectivity index (χ4n) is 2.34. The number of carbonyl (C=O) groups excluding carboxylic acids is 1. The molecule has 0 aliphatic rings. The van der Waals surface area contributed by atoms with Gasteiger partial charge in [-0.2, -0.15) is 0 Å². The van der Waals surface area contributed by atoms with E-state index in [1.165, 1.54) is 24.3 Å². The van der Waals surface area contributed by atoms with Crippen LogP contribution in [-0.2, 0) is 0 Å². The summed E-state index contributed by atoms with van der Waals surface area (Å²) in [6, 6.07) is 10.6. The molecule has 0 N–H and O–H groups in total. The predicted octanol–water partition coefficient (Wildman–Crippen LogP) is 4.50. The van der Waals surface area contributed by atoms with Crippen LogP contribution in [0.25, 0.3) is 10.2 Å². The van der Waals surface area contributed by atoms with Crippen LogP contribution in [0.2, 0.25) is 0 Å². The lowest BCUT2D eigenvalue weighted by Gasteiger charge is -2.16. The fraction of sp³-hybridized carbons (Fsp3) is 0.222. The number of rotatable bonds is 5. The van der Waals surface area contributed by atoms with E-state index in [0.29, 0.717) is 11.3 Å². The van der Waals surface area contributed by atoms with Crippen LogP contribution in [0.4, 0.5) is 9.52 Å². The number of esters is 1. The normalized spacial score (nSPS) is 10.8. The number of halogens is 1. The van der Waals surface area contributed by atoms with Crippen molar-refractivity contribution < 1.29 is 13.9 Å². The molecule has 0 amide bonds. The molecule has 0 fully saturated rings. The number of benzene rings is 2. The molecule has 1 heterocycles. The van der Waals surface area contributed by atoms with Crippen LogP contribution in [0.3, 0.4) is 0 Å². The van der Waals surface area contributed by atoms with E-state index in [1.807, 2.05) is 6.07 Å². The first-order valence-corrected chi connectivity index (χ1v) is 8.55. The summed E-state index contributed by atoms with van der Waals surface area (Å²) in [4.78, 5) is 18.9. The van der Waals surface area contributed by atoms with E-state index in [-0.39, 0.29) is 5.82 Å². The lowest BCUT2D eigenvalue weighted by molar-refractivity contribution is 0.0735. The largest absolute Gasteiger partial charge is 0.423 e. The number of nitrogens with zero attached hydrogens (tertiary/aromatic N) is 2. The van der Waals surface area contributed by atoms with Gasteiger partial charge in [-0.25, -0.2) is 14.2 Å². The number of aromatic nitrogens is 1. The van der Waals surface area contributed by atoms with Crippen molar-refractivity contribution in [3.63, 3.8) is 0 Å². The molecule has 0 spiro atoms. The molecule has 3 rings (SSSR count). The van der Waals surface area contributed by atoms with Crippen LogP contribution in [0.5, 0.6) is 5.75 Å². The molecule has 0 aliphatic carbocycles. The van der Waals surface area contributed by atoms with E-state index in [9.17, 15) is 9.18 Å². The topological polar surface area (TPSA) is 42.4 Å². The lowest BCUT2D eigenvalue weighted by atomic mass is 10.2. The Kier molecular flexibility index (Phi) is 4.76. The second-order valence-electron chi connectivity index (χ2n) is 5.19. The standard InChI is InChI=1S/C18H17FN2O2S/c1-3-21(4-2)18-20-15-10-9-14(11-16(15)24-18)23-17(22)12-5-7-13(19)8-6-12/h5-11H,3-4H2,1-2H3. The quantitative estimate of drug-likeness (QED) is 0.505. The summed E-state index contributed by atoms with van der Waals surface area (Å²) in [6.07, 6.45) is 0. The van der Waals surface area contributed by atoms with Gasteiger partial charge in [0.2, 0.25) is 0 Å². The monoisotopic (exact) mass is 344 g/mol. The Labute approximate surface area is 143 Å². The maximum atomic E-state index is 12.9. The van der Waals surface area contributed by atoms with E-state index in [2.05, 4.69) is 23.7 Å². The number of hydrogen-bond acceptors (Lipinski definition) is 5. The summed E-state index contributed by atoms with van der Waals surface area (Å²) in [5, 5.41) is 0.956. The zero-order chi connectivity index (χ0) is 17.1. The van der Waals surface area contributed by atoms with Gasteiger partial charge in [0, 0.05) is 19.2 Å². The lowest BCUT2D eigenvalue weighted by Crippen LogP contribution is -2.21. The van der Waals surface area contributed by atoms with Crippen molar-refractivity contribution in [2.75, 3.05) is 18.0 Å². The first-order chi connectivity index (χ1) is 11.6. The first kappa shape index (κ1) is 16.4. The maximum Gasteiger partial charge on any atom is 0.343 e. The van der Waals surface area contributed by atoms with Gasteiger partial charge in [-0.3, -0.25) is 0 Å². The van der Waals surface area contributed by atoms with Crippen molar-refractivity contribution in [1.29, 1.82) is 0 Å². The van der Waals surface area contributed by atoms with Crippen LogP contribution in [0, 0.1) is 5.82 Å². The molecular weight excluding hydrogens is 327 g/mol. The Hall–Kier alpha value is -2.47. The molecule has 6 heteroatoms. The van der Waals surface area contributed by atoms with Gasteiger partial charge >= 0.3 is 5.97 Å². The Balaban J connectivity index is 1.82. The number of fused-ring (bicyclic) bond motifs is 1. The van der Waals surface area contributed by atoms with Gasteiger partial charge in [0.25, 0.3) is 0 Å². The van der Waals surface area contributed by atoms with Crippen molar-refractivity contribution in [3.8, 4) is 5.75 Å². The number of carbonyl (C=O) groups is 1. The second-order valence-corrected chi connectivity index (χ2v) is 6.20. The average molecular weight is 344 g/mol. The highest BCUT2D eigenvalue weighted by Crippen LogP contribution is 2.31. The highest BCUT2D eigenvalue weighted by atomic mass is 32.1. The summed E-state index contributed by atoms with van der Waals surface area (Å²) in [7, 11) is 0. The Morgan fingerprint density at radius 2 is 1.88 bits per heavy atom. The average Bonchev–Trinajstić information content (AvgIpc) is 2.99. The molecule has 0 aliphatic heterocycles. The second kappa shape index (κ2) is 6.97. The van der Waals surface area contributed by atoms with E-state index in [0.717, 1.165) is 28.4 Å². The van der Waals surface area contributed by atoms with Gasteiger partial charge in [0.1, 0.15) is 11.6 Å². The first-order valence-electron chi connectivity index (χ1n) is 7.74.